The molecule has 130 valence electrons. The Kier molecular flexibility index (Phi) is 5.89. The monoisotopic (exact) mass is 402 g/mol. The van der Waals surface area contributed by atoms with Crippen molar-refractivity contribution in [3.05, 3.63) is 92.1 Å². The lowest BCUT2D eigenvalue weighted by atomic mass is 10.1. The minimum Gasteiger partial charge on any atom is -0.422 e. The average molecular weight is 403 g/mol. The number of ether oxygens (including phenoxy) is 1. The molecule has 3 rings (SSSR count). The minimum atomic E-state index is -0.420. The van der Waals surface area contributed by atoms with Crippen molar-refractivity contribution in [2.75, 3.05) is 0 Å². The van der Waals surface area contributed by atoms with Crippen LogP contribution in [0.25, 0.3) is 6.08 Å². The number of rotatable bonds is 5. The Balaban J connectivity index is 1.67. The Labute approximate surface area is 164 Å². The van der Waals surface area contributed by atoms with E-state index in [0.29, 0.717) is 31.8 Å². The molecular weight excluding hydrogens is 391 g/mol. The van der Waals surface area contributed by atoms with Gasteiger partial charge >= 0.3 is 5.97 Å². The molecule has 0 bridgehead atoms. The lowest BCUT2D eigenvalue weighted by molar-refractivity contribution is 0.0740. The van der Waals surface area contributed by atoms with Crippen LogP contribution in [0.15, 0.2) is 66.1 Å². The smallest absolute Gasteiger partial charge is 0.353 e. The van der Waals surface area contributed by atoms with Crippen molar-refractivity contribution in [2.45, 2.75) is 0 Å². The van der Waals surface area contributed by atoms with Crippen molar-refractivity contribution >= 4 is 52.4 Å². The largest absolute Gasteiger partial charge is 0.422 e. The van der Waals surface area contributed by atoms with Gasteiger partial charge in [-0.25, -0.2) is 4.79 Å². The number of ketones is 1. The molecule has 3 nitrogen and oxygen atoms in total. The van der Waals surface area contributed by atoms with Crippen molar-refractivity contribution in [1.82, 2.24) is 0 Å². The van der Waals surface area contributed by atoms with Gasteiger partial charge in [-0.15, -0.1) is 11.3 Å². The quantitative estimate of drug-likeness (QED) is 0.221. The highest BCUT2D eigenvalue weighted by Gasteiger charge is 2.10. The Morgan fingerprint density at radius 2 is 1.77 bits per heavy atom. The Morgan fingerprint density at radius 1 is 1.00 bits per heavy atom. The average Bonchev–Trinajstić information content (AvgIpc) is 3.16. The molecule has 0 amide bonds. The molecule has 0 aliphatic rings. The molecule has 0 aliphatic heterocycles. The van der Waals surface area contributed by atoms with Crippen LogP contribution in [0.4, 0.5) is 0 Å². The van der Waals surface area contributed by atoms with Crippen molar-refractivity contribution in [1.29, 1.82) is 0 Å². The highest BCUT2D eigenvalue weighted by atomic mass is 35.5. The second-order valence-electron chi connectivity index (χ2n) is 5.25. The molecule has 1 aromatic heterocycles. The third-order valence-electron chi connectivity index (χ3n) is 3.45. The molecule has 0 unspecified atom stereocenters. The Bertz CT molecular complexity index is 961. The first-order valence-electron chi connectivity index (χ1n) is 7.56. The number of hydrogen-bond acceptors (Lipinski definition) is 4. The third kappa shape index (κ3) is 4.61. The van der Waals surface area contributed by atoms with Crippen LogP contribution in [0.3, 0.4) is 0 Å². The minimum absolute atomic E-state index is 0.188. The van der Waals surface area contributed by atoms with Gasteiger partial charge in [0.2, 0.25) is 0 Å². The van der Waals surface area contributed by atoms with Crippen molar-refractivity contribution in [3.63, 3.8) is 0 Å². The molecule has 0 radical (unpaired) electrons. The van der Waals surface area contributed by atoms with Crippen molar-refractivity contribution in [3.8, 4) is 5.75 Å². The van der Waals surface area contributed by atoms with Crippen LogP contribution in [-0.2, 0) is 0 Å². The molecule has 0 saturated heterocycles. The zero-order valence-corrected chi connectivity index (χ0v) is 15.6. The van der Waals surface area contributed by atoms with Crippen molar-refractivity contribution < 1.29 is 14.3 Å². The van der Waals surface area contributed by atoms with Gasteiger partial charge in [-0.2, -0.15) is 0 Å². The first-order chi connectivity index (χ1) is 12.5. The van der Waals surface area contributed by atoms with E-state index in [2.05, 4.69) is 0 Å². The van der Waals surface area contributed by atoms with Crippen LogP contribution < -0.4 is 4.74 Å². The summed E-state index contributed by atoms with van der Waals surface area (Å²) < 4.78 is 5.26. The molecule has 2 aromatic carbocycles. The summed E-state index contributed by atoms with van der Waals surface area (Å²) in [6.45, 7) is 0. The van der Waals surface area contributed by atoms with Gasteiger partial charge in [0.15, 0.2) is 5.78 Å². The molecule has 0 spiro atoms. The van der Waals surface area contributed by atoms with E-state index < -0.39 is 5.97 Å². The maximum atomic E-state index is 12.3. The van der Waals surface area contributed by atoms with E-state index in [1.54, 1.807) is 66.1 Å². The lowest BCUT2D eigenvalue weighted by Crippen LogP contribution is -2.06. The van der Waals surface area contributed by atoms with Crippen molar-refractivity contribution in [2.24, 2.45) is 0 Å². The highest BCUT2D eigenvalue weighted by Crippen LogP contribution is 2.22. The molecular formula is C20H12Cl2O3S. The fraction of sp³-hybridized carbons (Fsp3) is 0. The van der Waals surface area contributed by atoms with Gasteiger partial charge in [0, 0.05) is 15.6 Å². The first kappa shape index (κ1) is 18.4. The summed E-state index contributed by atoms with van der Waals surface area (Å²) in [7, 11) is 0. The second-order valence-corrected chi connectivity index (χ2v) is 7.05. The van der Waals surface area contributed by atoms with E-state index >= 15 is 0 Å². The zero-order chi connectivity index (χ0) is 18.5. The summed E-state index contributed by atoms with van der Waals surface area (Å²) in [5, 5.41) is 2.81. The standard InChI is InChI=1S/C20H12Cl2O3S/c21-15-7-3-13(17(22)12-15)6-10-18(23)14-4-8-16(9-5-14)25-20(24)19-2-1-11-26-19/h1-12H/b10-6+. The van der Waals surface area contributed by atoms with E-state index in [9.17, 15) is 9.59 Å². The maximum absolute atomic E-state index is 12.3. The summed E-state index contributed by atoms with van der Waals surface area (Å²) in [4.78, 5) is 24.7. The van der Waals surface area contributed by atoms with Gasteiger partial charge in [-0.1, -0.05) is 35.3 Å². The normalized spacial score (nSPS) is 10.8. The van der Waals surface area contributed by atoms with Gasteiger partial charge in [-0.3, -0.25) is 4.79 Å². The van der Waals surface area contributed by atoms with Crippen LogP contribution in [0.1, 0.15) is 25.6 Å². The zero-order valence-electron chi connectivity index (χ0n) is 13.3. The Morgan fingerprint density at radius 3 is 2.42 bits per heavy atom. The van der Waals surface area contributed by atoms with Gasteiger partial charge in [0.05, 0.1) is 0 Å². The summed E-state index contributed by atoms with van der Waals surface area (Å²) >= 11 is 13.2. The molecule has 0 N–H and O–H groups in total. The van der Waals surface area contributed by atoms with Gasteiger partial charge in [-0.05, 0) is 65.6 Å². The van der Waals surface area contributed by atoms with Crippen LogP contribution in [0, 0.1) is 0 Å². The molecule has 0 fully saturated rings. The topological polar surface area (TPSA) is 43.4 Å². The van der Waals surface area contributed by atoms with E-state index in [1.807, 2.05) is 0 Å². The van der Waals surface area contributed by atoms with E-state index in [-0.39, 0.29) is 5.78 Å². The summed E-state index contributed by atoms with van der Waals surface area (Å²) in [6.07, 6.45) is 3.06. The number of allylic oxidation sites excluding steroid dienone is 1. The number of hydrogen-bond donors (Lipinski definition) is 0. The number of esters is 1. The maximum Gasteiger partial charge on any atom is 0.353 e. The predicted molar refractivity (Wildman–Crippen MR) is 106 cm³/mol. The van der Waals surface area contributed by atoms with Crippen LogP contribution in [0.5, 0.6) is 5.75 Å². The van der Waals surface area contributed by atoms with Crippen LogP contribution in [-0.4, -0.2) is 11.8 Å². The highest BCUT2D eigenvalue weighted by molar-refractivity contribution is 7.12. The number of thiophene rings is 1. The number of halogens is 2. The van der Waals surface area contributed by atoms with Gasteiger partial charge < -0.3 is 4.74 Å². The molecule has 26 heavy (non-hydrogen) atoms. The molecule has 0 aliphatic carbocycles. The Hall–Kier alpha value is -2.40. The van der Waals surface area contributed by atoms with E-state index in [4.69, 9.17) is 27.9 Å². The van der Waals surface area contributed by atoms with E-state index in [1.165, 1.54) is 17.4 Å². The summed E-state index contributed by atoms with van der Waals surface area (Å²) in [5.74, 6) is -0.229. The molecule has 0 atom stereocenters. The summed E-state index contributed by atoms with van der Waals surface area (Å²) in [5.41, 5.74) is 1.17. The number of carbonyl (C=O) groups is 2. The third-order valence-corrected chi connectivity index (χ3v) is 4.86. The predicted octanol–water partition coefficient (Wildman–Crippen LogP) is 6.17. The van der Waals surface area contributed by atoms with Crippen LogP contribution in [0.2, 0.25) is 10.0 Å². The van der Waals surface area contributed by atoms with Gasteiger partial charge in [0.1, 0.15) is 10.6 Å². The SMILES string of the molecule is O=C(/C=C/c1ccc(Cl)cc1Cl)c1ccc(OC(=O)c2cccs2)cc1. The number of benzene rings is 2. The first-order valence-corrected chi connectivity index (χ1v) is 9.20. The fourth-order valence-corrected chi connectivity index (χ4v) is 3.21. The summed E-state index contributed by atoms with van der Waals surface area (Å²) in [6, 6.07) is 14.9. The second kappa shape index (κ2) is 8.32. The van der Waals surface area contributed by atoms with Crippen LogP contribution >= 0.6 is 34.5 Å². The van der Waals surface area contributed by atoms with Gasteiger partial charge in [0.25, 0.3) is 0 Å². The van der Waals surface area contributed by atoms with E-state index in [0.717, 1.165) is 0 Å². The fourth-order valence-electron chi connectivity index (χ4n) is 2.14. The lowest BCUT2D eigenvalue weighted by Gasteiger charge is -2.03. The molecule has 3 aromatic rings. The molecule has 0 saturated carbocycles. The number of carbonyl (C=O) groups excluding carboxylic acids is 2. The molecule has 1 heterocycles. The molecule has 6 heteroatoms.